The summed E-state index contributed by atoms with van der Waals surface area (Å²) >= 11 is 0. The number of hydrogen-bond donors (Lipinski definition) is 3. The molecule has 1 atom stereocenters. The van der Waals surface area contributed by atoms with Crippen molar-refractivity contribution >= 4 is 5.91 Å². The highest BCUT2D eigenvalue weighted by Crippen LogP contribution is 2.09. The van der Waals surface area contributed by atoms with Crippen molar-refractivity contribution < 1.29 is 4.79 Å². The number of nitrogens with zero attached hydrogens (tertiary/aromatic N) is 1. The topological polar surface area (TPSA) is 83.8 Å². The van der Waals surface area contributed by atoms with E-state index in [9.17, 15) is 4.79 Å². The first-order valence-electron chi connectivity index (χ1n) is 5.34. The van der Waals surface area contributed by atoms with Gasteiger partial charge < -0.3 is 16.0 Å². The largest absolute Gasteiger partial charge is 0.347 e. The minimum absolute atomic E-state index is 0.215. The maximum atomic E-state index is 11.8. The number of H-pyrrole nitrogens is 1. The molecule has 1 heterocycles. The van der Waals surface area contributed by atoms with Crippen molar-refractivity contribution in [1.29, 1.82) is 0 Å². The van der Waals surface area contributed by atoms with Crippen molar-refractivity contribution in [1.82, 2.24) is 15.3 Å². The molecule has 5 nitrogen and oxygen atoms in total. The van der Waals surface area contributed by atoms with Crippen LogP contribution in [0.2, 0.25) is 0 Å². The first kappa shape index (κ1) is 11.3. The number of nitrogens with one attached hydrogen (secondary N) is 2. The Kier molecular flexibility index (Phi) is 3.52. The summed E-state index contributed by atoms with van der Waals surface area (Å²) in [7, 11) is 0. The van der Waals surface area contributed by atoms with Crippen LogP contribution in [-0.4, -0.2) is 15.9 Å². The number of aromatic amines is 1. The van der Waals surface area contributed by atoms with Gasteiger partial charge in [-0.25, -0.2) is 4.98 Å². The van der Waals surface area contributed by atoms with Crippen LogP contribution in [0.5, 0.6) is 0 Å². The lowest BCUT2D eigenvalue weighted by Crippen LogP contribution is -2.33. The molecule has 2 aromatic rings. The predicted octanol–water partition coefficient (Wildman–Crippen LogP) is 0.726. The third-order valence-electron chi connectivity index (χ3n) is 2.43. The highest BCUT2D eigenvalue weighted by atomic mass is 16.2. The van der Waals surface area contributed by atoms with Crippen LogP contribution in [0.3, 0.4) is 0 Å². The van der Waals surface area contributed by atoms with Gasteiger partial charge in [0.1, 0.15) is 11.9 Å². The van der Waals surface area contributed by atoms with E-state index in [1.165, 1.54) is 0 Å². The molecular weight excluding hydrogens is 216 g/mol. The van der Waals surface area contributed by atoms with E-state index < -0.39 is 6.04 Å². The van der Waals surface area contributed by atoms with Crippen molar-refractivity contribution in [2.24, 2.45) is 5.73 Å². The zero-order chi connectivity index (χ0) is 12.1. The molecule has 88 valence electrons. The summed E-state index contributed by atoms with van der Waals surface area (Å²) < 4.78 is 0. The summed E-state index contributed by atoms with van der Waals surface area (Å²) in [6.07, 6.45) is 3.34. The van der Waals surface area contributed by atoms with Crippen molar-refractivity contribution in [2.45, 2.75) is 12.6 Å². The van der Waals surface area contributed by atoms with Crippen molar-refractivity contribution in [3.8, 4) is 0 Å². The van der Waals surface area contributed by atoms with E-state index in [0.29, 0.717) is 12.4 Å². The second-order valence-corrected chi connectivity index (χ2v) is 3.64. The fraction of sp³-hybridized carbons (Fsp3) is 0.167. The third kappa shape index (κ3) is 2.92. The van der Waals surface area contributed by atoms with Crippen LogP contribution in [0.4, 0.5) is 0 Å². The molecule has 0 bridgehead atoms. The Balaban J connectivity index is 1.92. The van der Waals surface area contributed by atoms with E-state index in [-0.39, 0.29) is 5.91 Å². The number of hydrogen-bond acceptors (Lipinski definition) is 3. The highest BCUT2D eigenvalue weighted by molar-refractivity contribution is 5.82. The van der Waals surface area contributed by atoms with Crippen LogP contribution in [0.1, 0.15) is 17.4 Å². The Labute approximate surface area is 99.1 Å². The smallest absolute Gasteiger partial charge is 0.241 e. The highest BCUT2D eigenvalue weighted by Gasteiger charge is 2.14. The number of imidazole rings is 1. The monoisotopic (exact) mass is 230 g/mol. The lowest BCUT2D eigenvalue weighted by molar-refractivity contribution is -0.122. The van der Waals surface area contributed by atoms with Gasteiger partial charge in [0.15, 0.2) is 0 Å². The van der Waals surface area contributed by atoms with Gasteiger partial charge in [0.2, 0.25) is 5.91 Å². The number of nitrogens with two attached hydrogens (primary N) is 1. The van der Waals surface area contributed by atoms with Gasteiger partial charge >= 0.3 is 0 Å². The number of benzene rings is 1. The average molecular weight is 230 g/mol. The molecule has 5 heteroatoms. The third-order valence-corrected chi connectivity index (χ3v) is 2.43. The molecule has 0 unspecified atom stereocenters. The molecule has 0 saturated carbocycles. The van der Waals surface area contributed by atoms with Crippen LogP contribution in [0, 0.1) is 0 Å². The first-order chi connectivity index (χ1) is 8.27. The Morgan fingerprint density at radius 2 is 2.18 bits per heavy atom. The molecule has 0 radical (unpaired) electrons. The Bertz CT molecular complexity index is 467. The van der Waals surface area contributed by atoms with E-state index in [2.05, 4.69) is 15.3 Å². The summed E-state index contributed by atoms with van der Waals surface area (Å²) in [4.78, 5) is 18.7. The van der Waals surface area contributed by atoms with E-state index in [0.717, 1.165) is 5.56 Å². The zero-order valence-electron chi connectivity index (χ0n) is 9.26. The molecule has 1 amide bonds. The molecule has 0 aliphatic carbocycles. The Morgan fingerprint density at radius 3 is 2.82 bits per heavy atom. The molecule has 0 saturated heterocycles. The van der Waals surface area contributed by atoms with Gasteiger partial charge in [-0.1, -0.05) is 30.3 Å². The van der Waals surface area contributed by atoms with Gasteiger partial charge in [0.05, 0.1) is 6.54 Å². The molecule has 0 aliphatic heterocycles. The average Bonchev–Trinajstić information content (AvgIpc) is 2.89. The van der Waals surface area contributed by atoms with Gasteiger partial charge in [-0.3, -0.25) is 4.79 Å². The Morgan fingerprint density at radius 1 is 1.41 bits per heavy atom. The van der Waals surface area contributed by atoms with Crippen LogP contribution < -0.4 is 11.1 Å². The maximum Gasteiger partial charge on any atom is 0.241 e. The van der Waals surface area contributed by atoms with E-state index in [1.807, 2.05) is 30.3 Å². The first-order valence-corrected chi connectivity index (χ1v) is 5.34. The van der Waals surface area contributed by atoms with Gasteiger partial charge in [-0.05, 0) is 5.56 Å². The molecule has 0 fully saturated rings. The van der Waals surface area contributed by atoms with Crippen LogP contribution in [0.25, 0.3) is 0 Å². The molecule has 1 aromatic heterocycles. The summed E-state index contributed by atoms with van der Waals surface area (Å²) in [5, 5.41) is 2.73. The van der Waals surface area contributed by atoms with Gasteiger partial charge in [0.25, 0.3) is 0 Å². The predicted molar refractivity (Wildman–Crippen MR) is 63.8 cm³/mol. The summed E-state index contributed by atoms with van der Waals surface area (Å²) in [6.45, 7) is 0.354. The minimum atomic E-state index is -0.647. The fourth-order valence-corrected chi connectivity index (χ4v) is 1.49. The maximum absolute atomic E-state index is 11.8. The quantitative estimate of drug-likeness (QED) is 0.723. The lowest BCUT2D eigenvalue weighted by atomic mass is 10.1. The molecular formula is C12H14N4O. The molecule has 0 spiro atoms. The lowest BCUT2D eigenvalue weighted by Gasteiger charge is -2.11. The number of carbonyl (C=O) groups excluding carboxylic acids is 1. The minimum Gasteiger partial charge on any atom is -0.347 e. The fourth-order valence-electron chi connectivity index (χ4n) is 1.49. The standard InChI is InChI=1S/C12H14N4O/c13-11(9-4-2-1-3-5-9)12(17)16-8-10-14-6-7-15-10/h1-7,11H,8,13H2,(H,14,15)(H,16,17)/t11-/m0/s1. The number of rotatable bonds is 4. The number of amides is 1. The summed E-state index contributed by atoms with van der Waals surface area (Å²) in [5.74, 6) is 0.492. The van der Waals surface area contributed by atoms with Gasteiger partial charge in [-0.2, -0.15) is 0 Å². The SMILES string of the molecule is N[C@H](C(=O)NCc1ncc[nH]1)c1ccccc1. The van der Waals surface area contributed by atoms with Crippen molar-refractivity contribution in [3.05, 3.63) is 54.1 Å². The Hall–Kier alpha value is -2.14. The summed E-state index contributed by atoms with van der Waals surface area (Å²) in [5.41, 5.74) is 6.63. The molecule has 4 N–H and O–H groups in total. The molecule has 17 heavy (non-hydrogen) atoms. The van der Waals surface area contributed by atoms with E-state index in [4.69, 9.17) is 5.73 Å². The van der Waals surface area contributed by atoms with E-state index in [1.54, 1.807) is 12.4 Å². The van der Waals surface area contributed by atoms with Gasteiger partial charge in [-0.15, -0.1) is 0 Å². The van der Waals surface area contributed by atoms with Crippen molar-refractivity contribution in [2.75, 3.05) is 0 Å². The molecule has 0 aliphatic rings. The van der Waals surface area contributed by atoms with Crippen LogP contribution >= 0.6 is 0 Å². The zero-order valence-corrected chi connectivity index (χ0v) is 9.26. The molecule has 2 rings (SSSR count). The van der Waals surface area contributed by atoms with E-state index >= 15 is 0 Å². The van der Waals surface area contributed by atoms with Crippen LogP contribution in [0.15, 0.2) is 42.7 Å². The molecule has 1 aromatic carbocycles. The number of aromatic nitrogens is 2. The second-order valence-electron chi connectivity index (χ2n) is 3.64. The van der Waals surface area contributed by atoms with Crippen molar-refractivity contribution in [3.63, 3.8) is 0 Å². The summed E-state index contributed by atoms with van der Waals surface area (Å²) in [6, 6.07) is 8.61. The normalized spacial score (nSPS) is 12.1. The second kappa shape index (κ2) is 5.27. The van der Waals surface area contributed by atoms with Crippen LogP contribution in [-0.2, 0) is 11.3 Å². The number of carbonyl (C=O) groups is 1. The van der Waals surface area contributed by atoms with Gasteiger partial charge in [0, 0.05) is 12.4 Å².